The van der Waals surface area contributed by atoms with E-state index in [-0.39, 0.29) is 5.91 Å². The second-order valence-electron chi connectivity index (χ2n) is 5.00. The van der Waals surface area contributed by atoms with Crippen molar-refractivity contribution in [1.82, 2.24) is 0 Å². The Bertz CT molecular complexity index is 624. The molecule has 0 radical (unpaired) electrons. The summed E-state index contributed by atoms with van der Waals surface area (Å²) in [5, 5.41) is 9.24. The van der Waals surface area contributed by atoms with Crippen LogP contribution in [0.15, 0.2) is 18.2 Å². The molecule has 0 saturated heterocycles. The molecule has 2 unspecified atom stereocenters. The Kier molecular flexibility index (Phi) is 3.40. The highest BCUT2D eigenvalue weighted by atomic mass is 32.2. The molecule has 0 bridgehead atoms. The molecule has 0 aliphatic carbocycles. The normalized spacial score (nSPS) is 18.3. The molecular weight excluding hydrogens is 266 g/mol. The van der Waals surface area contributed by atoms with Crippen molar-refractivity contribution in [2.75, 3.05) is 18.2 Å². The summed E-state index contributed by atoms with van der Waals surface area (Å²) in [5.74, 6) is -0.00204. The lowest BCUT2D eigenvalue weighted by atomic mass is 10.0. The molecule has 0 saturated carbocycles. The molecule has 2 atom stereocenters. The van der Waals surface area contributed by atoms with E-state index in [0.717, 1.165) is 17.5 Å². The molecule has 5 nitrogen and oxygen atoms in total. The van der Waals surface area contributed by atoms with E-state index in [1.165, 1.54) is 6.92 Å². The van der Waals surface area contributed by atoms with Gasteiger partial charge in [0, 0.05) is 19.0 Å². The first kappa shape index (κ1) is 14.0. The lowest BCUT2D eigenvalue weighted by Gasteiger charge is -2.18. The van der Waals surface area contributed by atoms with Crippen molar-refractivity contribution in [3.63, 3.8) is 0 Å². The number of nitrogens with zero attached hydrogens (tertiary/aromatic N) is 1. The quantitative estimate of drug-likeness (QED) is 0.885. The lowest BCUT2D eigenvalue weighted by molar-refractivity contribution is -0.117. The smallest absolute Gasteiger partial charge is 0.231 e. The molecular formula is C13H17NO4S. The molecule has 1 aromatic rings. The molecule has 2 rings (SSSR count). The Balaban J connectivity index is 2.34. The molecule has 1 N–H and O–H groups in total. The van der Waals surface area contributed by atoms with Crippen LogP contribution in [0, 0.1) is 0 Å². The van der Waals surface area contributed by atoms with Gasteiger partial charge in [0.1, 0.15) is 0 Å². The van der Waals surface area contributed by atoms with Crippen LogP contribution >= 0.6 is 0 Å². The maximum Gasteiger partial charge on any atom is 0.231 e. The minimum absolute atomic E-state index is 0.00204. The lowest BCUT2D eigenvalue weighted by Crippen LogP contribution is -2.24. The number of hydrogen-bond donors (Lipinski definition) is 1. The number of likely N-dealkylation sites (N-methyl/N-ethyl adjacent to an activating group) is 1. The van der Waals surface area contributed by atoms with Crippen LogP contribution in [0.1, 0.15) is 24.2 Å². The molecule has 104 valence electrons. The van der Waals surface area contributed by atoms with E-state index in [1.54, 1.807) is 30.1 Å². The van der Waals surface area contributed by atoms with Crippen LogP contribution in [-0.2, 0) is 21.1 Å². The van der Waals surface area contributed by atoms with Crippen molar-refractivity contribution in [3.05, 3.63) is 29.3 Å². The molecule has 1 heterocycles. The predicted molar refractivity (Wildman–Crippen MR) is 72.8 cm³/mol. The van der Waals surface area contributed by atoms with Crippen LogP contribution in [0.4, 0.5) is 5.69 Å². The zero-order valence-electron chi connectivity index (χ0n) is 11.1. The highest BCUT2D eigenvalue weighted by Crippen LogP contribution is 2.31. The summed E-state index contributed by atoms with van der Waals surface area (Å²) >= 11 is 0. The number of aliphatic hydroxyl groups excluding tert-OH is 1. The number of rotatable bonds is 3. The van der Waals surface area contributed by atoms with E-state index >= 15 is 0 Å². The fourth-order valence-electron chi connectivity index (χ4n) is 2.18. The third-order valence-corrected chi connectivity index (χ3v) is 5.25. The van der Waals surface area contributed by atoms with Gasteiger partial charge in [0.15, 0.2) is 9.84 Å². The van der Waals surface area contributed by atoms with E-state index in [2.05, 4.69) is 0 Å². The third-order valence-electron chi connectivity index (χ3n) is 3.64. The van der Waals surface area contributed by atoms with Gasteiger partial charge in [-0.1, -0.05) is 12.1 Å². The minimum atomic E-state index is -3.31. The average molecular weight is 283 g/mol. The predicted octanol–water partition coefficient (Wildman–Crippen LogP) is 0.672. The first-order valence-electron chi connectivity index (χ1n) is 5.98. The van der Waals surface area contributed by atoms with E-state index < -0.39 is 21.2 Å². The zero-order valence-corrected chi connectivity index (χ0v) is 11.9. The number of sulfone groups is 1. The SMILES string of the molecule is CC(C(O)c1ccc2c(c1)CC(=O)N2C)S(C)(=O)=O. The van der Waals surface area contributed by atoms with Gasteiger partial charge in [0.2, 0.25) is 5.91 Å². The number of amides is 1. The van der Waals surface area contributed by atoms with Crippen LogP contribution in [-0.4, -0.2) is 38.0 Å². The molecule has 1 aliphatic rings. The van der Waals surface area contributed by atoms with Crippen LogP contribution in [0.2, 0.25) is 0 Å². The van der Waals surface area contributed by atoms with Gasteiger partial charge in [-0.3, -0.25) is 4.79 Å². The van der Waals surface area contributed by atoms with Gasteiger partial charge in [-0.25, -0.2) is 8.42 Å². The summed E-state index contributed by atoms with van der Waals surface area (Å²) in [7, 11) is -1.62. The summed E-state index contributed by atoms with van der Waals surface area (Å²) in [6.07, 6.45) is 0.312. The molecule has 1 aromatic carbocycles. The summed E-state index contributed by atoms with van der Waals surface area (Å²) in [6.45, 7) is 1.48. The van der Waals surface area contributed by atoms with Crippen molar-refractivity contribution in [1.29, 1.82) is 0 Å². The van der Waals surface area contributed by atoms with Crippen molar-refractivity contribution in [3.8, 4) is 0 Å². The second kappa shape index (κ2) is 4.61. The first-order chi connectivity index (χ1) is 8.71. The Labute approximate surface area is 112 Å². The number of benzene rings is 1. The number of carbonyl (C=O) groups excluding carboxylic acids is 1. The largest absolute Gasteiger partial charge is 0.387 e. The van der Waals surface area contributed by atoms with Gasteiger partial charge in [0.05, 0.1) is 17.8 Å². The topological polar surface area (TPSA) is 74.7 Å². The maximum atomic E-state index is 11.6. The monoisotopic (exact) mass is 283 g/mol. The number of aliphatic hydroxyl groups is 1. The molecule has 0 fully saturated rings. The number of anilines is 1. The van der Waals surface area contributed by atoms with E-state index in [9.17, 15) is 18.3 Å². The molecule has 1 amide bonds. The molecule has 19 heavy (non-hydrogen) atoms. The molecule has 1 aliphatic heterocycles. The second-order valence-corrected chi connectivity index (χ2v) is 7.40. The minimum Gasteiger partial charge on any atom is -0.387 e. The van der Waals surface area contributed by atoms with Gasteiger partial charge < -0.3 is 10.0 Å². The van der Waals surface area contributed by atoms with E-state index in [4.69, 9.17) is 0 Å². The van der Waals surface area contributed by atoms with E-state index in [1.807, 2.05) is 0 Å². The molecule has 0 spiro atoms. The standard InChI is InChI=1S/C13H17NO4S/c1-8(19(3,17)18)13(16)9-4-5-11-10(6-9)7-12(15)14(11)2/h4-6,8,13,16H,7H2,1-3H3. The Morgan fingerprint density at radius 1 is 1.37 bits per heavy atom. The van der Waals surface area contributed by atoms with Gasteiger partial charge in [-0.05, 0) is 24.1 Å². The van der Waals surface area contributed by atoms with Crippen LogP contribution in [0.3, 0.4) is 0 Å². The van der Waals surface area contributed by atoms with Gasteiger partial charge >= 0.3 is 0 Å². The Morgan fingerprint density at radius 3 is 2.58 bits per heavy atom. The van der Waals surface area contributed by atoms with Crippen LogP contribution in [0.5, 0.6) is 0 Å². The van der Waals surface area contributed by atoms with Crippen molar-refractivity contribution in [2.24, 2.45) is 0 Å². The first-order valence-corrected chi connectivity index (χ1v) is 7.93. The Hall–Kier alpha value is -1.40. The van der Waals surface area contributed by atoms with Crippen LogP contribution < -0.4 is 4.90 Å². The molecule has 6 heteroatoms. The number of fused-ring (bicyclic) bond motifs is 1. The van der Waals surface area contributed by atoms with Gasteiger partial charge in [0.25, 0.3) is 0 Å². The van der Waals surface area contributed by atoms with Crippen LogP contribution in [0.25, 0.3) is 0 Å². The van der Waals surface area contributed by atoms with E-state index in [0.29, 0.717) is 12.0 Å². The summed E-state index contributed by atoms with van der Waals surface area (Å²) in [5.41, 5.74) is 2.16. The number of hydrogen-bond acceptors (Lipinski definition) is 4. The maximum absolute atomic E-state index is 11.6. The average Bonchev–Trinajstić information content (AvgIpc) is 2.61. The third kappa shape index (κ3) is 2.50. The highest BCUT2D eigenvalue weighted by Gasteiger charge is 2.28. The zero-order chi connectivity index (χ0) is 14.4. The van der Waals surface area contributed by atoms with Crippen molar-refractivity contribution >= 4 is 21.4 Å². The van der Waals surface area contributed by atoms with Crippen molar-refractivity contribution in [2.45, 2.75) is 24.7 Å². The fourth-order valence-corrected chi connectivity index (χ4v) is 2.80. The summed E-state index contributed by atoms with van der Waals surface area (Å²) in [4.78, 5) is 13.1. The van der Waals surface area contributed by atoms with Gasteiger partial charge in [-0.2, -0.15) is 0 Å². The Morgan fingerprint density at radius 2 is 2.00 bits per heavy atom. The number of carbonyl (C=O) groups is 1. The molecule has 0 aromatic heterocycles. The highest BCUT2D eigenvalue weighted by molar-refractivity contribution is 7.91. The summed E-state index contributed by atoms with van der Waals surface area (Å²) in [6, 6.07) is 5.12. The fraction of sp³-hybridized carbons (Fsp3) is 0.462. The summed E-state index contributed by atoms with van der Waals surface area (Å²) < 4.78 is 22.9. The van der Waals surface area contributed by atoms with Gasteiger partial charge in [-0.15, -0.1) is 0 Å². The van der Waals surface area contributed by atoms with Crippen molar-refractivity contribution < 1.29 is 18.3 Å².